The summed E-state index contributed by atoms with van der Waals surface area (Å²) in [5.41, 5.74) is 0.810. The zero-order valence-corrected chi connectivity index (χ0v) is 11.4. The molecule has 1 atom stereocenters. The maximum atomic E-state index is 9.87. The van der Waals surface area contributed by atoms with E-state index in [1.165, 1.54) is 11.8 Å². The molecule has 0 aliphatic rings. The van der Waals surface area contributed by atoms with Crippen molar-refractivity contribution in [3.8, 4) is 16.9 Å². The molecule has 0 aliphatic heterocycles. The van der Waals surface area contributed by atoms with Gasteiger partial charge in [0.2, 0.25) is 0 Å². The predicted octanol–water partition coefficient (Wildman–Crippen LogP) is 3.48. The van der Waals surface area contributed by atoms with Crippen LogP contribution in [0.3, 0.4) is 0 Å². The zero-order valence-electron chi connectivity index (χ0n) is 10.5. The summed E-state index contributed by atoms with van der Waals surface area (Å²) in [4.78, 5) is 1.02. The van der Waals surface area contributed by atoms with Gasteiger partial charge in [0.05, 0.1) is 7.11 Å². The van der Waals surface area contributed by atoms with Crippen molar-refractivity contribution in [1.82, 2.24) is 0 Å². The van der Waals surface area contributed by atoms with E-state index in [1.54, 1.807) is 7.11 Å². The van der Waals surface area contributed by atoms with Crippen LogP contribution in [0.15, 0.2) is 59.5 Å². The predicted molar refractivity (Wildman–Crippen MR) is 78.0 cm³/mol. The standard InChI is InChI=1S/C16H14O2S/c1-18-14-7-9-15(10-8-14)19-12-11-16(17)13-5-3-2-4-6-13/h2-10,16-17H,1H3. The molecule has 0 amide bonds. The van der Waals surface area contributed by atoms with Gasteiger partial charge < -0.3 is 9.84 Å². The van der Waals surface area contributed by atoms with E-state index in [0.717, 1.165) is 16.2 Å². The highest BCUT2D eigenvalue weighted by Crippen LogP contribution is 2.20. The normalized spacial score (nSPS) is 11.3. The molecule has 0 radical (unpaired) electrons. The molecule has 1 unspecified atom stereocenters. The lowest BCUT2D eigenvalue weighted by Crippen LogP contribution is -1.91. The minimum absolute atomic E-state index is 0.744. The Bertz CT molecular complexity index is 567. The number of rotatable bonds is 3. The number of hydrogen-bond acceptors (Lipinski definition) is 3. The van der Waals surface area contributed by atoms with Crippen LogP contribution in [0.5, 0.6) is 5.75 Å². The van der Waals surface area contributed by atoms with Crippen molar-refractivity contribution in [2.45, 2.75) is 11.0 Å². The third kappa shape index (κ3) is 4.06. The van der Waals surface area contributed by atoms with Gasteiger partial charge in [-0.25, -0.2) is 0 Å². The second-order valence-electron chi connectivity index (χ2n) is 3.84. The first-order valence-corrected chi connectivity index (χ1v) is 6.65. The summed E-state index contributed by atoms with van der Waals surface area (Å²) in [7, 11) is 1.64. The van der Waals surface area contributed by atoms with Crippen molar-refractivity contribution in [2.24, 2.45) is 0 Å². The number of thioether (sulfide) groups is 1. The Labute approximate surface area is 117 Å². The van der Waals surface area contributed by atoms with Crippen LogP contribution in [-0.4, -0.2) is 12.2 Å². The number of methoxy groups -OCH3 is 1. The second-order valence-corrected chi connectivity index (χ2v) is 4.72. The summed E-state index contributed by atoms with van der Waals surface area (Å²) in [5.74, 6) is 3.63. The molecular weight excluding hydrogens is 256 g/mol. The monoisotopic (exact) mass is 270 g/mol. The summed E-state index contributed by atoms with van der Waals surface area (Å²) < 4.78 is 5.08. The smallest absolute Gasteiger partial charge is 0.141 e. The lowest BCUT2D eigenvalue weighted by molar-refractivity contribution is 0.238. The first-order valence-electron chi connectivity index (χ1n) is 5.84. The van der Waals surface area contributed by atoms with E-state index < -0.39 is 6.10 Å². The number of hydrogen-bond donors (Lipinski definition) is 1. The molecule has 0 aromatic heterocycles. The molecule has 0 saturated heterocycles. The quantitative estimate of drug-likeness (QED) is 0.684. The summed E-state index contributed by atoms with van der Waals surface area (Å²) in [6.07, 6.45) is -0.744. The Balaban J connectivity index is 1.97. The van der Waals surface area contributed by atoms with Gasteiger partial charge in [-0.15, -0.1) is 0 Å². The van der Waals surface area contributed by atoms with Gasteiger partial charge in [0.15, 0.2) is 0 Å². The SMILES string of the molecule is COc1ccc(SC#CC(O)c2ccccc2)cc1. The Hall–Kier alpha value is -1.89. The highest BCUT2D eigenvalue weighted by Gasteiger charge is 2.01. The molecule has 2 rings (SSSR count). The van der Waals surface area contributed by atoms with Crippen LogP contribution >= 0.6 is 11.8 Å². The lowest BCUT2D eigenvalue weighted by atomic mass is 10.1. The molecule has 1 N–H and O–H groups in total. The number of aliphatic hydroxyl groups is 1. The average Bonchev–Trinajstić information content (AvgIpc) is 2.49. The van der Waals surface area contributed by atoms with Gasteiger partial charge in [0, 0.05) is 4.90 Å². The van der Waals surface area contributed by atoms with Gasteiger partial charge >= 0.3 is 0 Å². The minimum atomic E-state index is -0.744. The summed E-state index contributed by atoms with van der Waals surface area (Å²) in [6, 6.07) is 17.0. The van der Waals surface area contributed by atoms with Crippen molar-refractivity contribution in [2.75, 3.05) is 7.11 Å². The molecule has 0 aliphatic carbocycles. The fourth-order valence-electron chi connectivity index (χ4n) is 1.51. The van der Waals surface area contributed by atoms with Crippen molar-refractivity contribution >= 4 is 11.8 Å². The molecule has 0 spiro atoms. The van der Waals surface area contributed by atoms with Crippen molar-refractivity contribution < 1.29 is 9.84 Å². The van der Waals surface area contributed by atoms with Crippen LogP contribution in [0.4, 0.5) is 0 Å². The maximum absolute atomic E-state index is 9.87. The van der Waals surface area contributed by atoms with Gasteiger partial charge in [0.1, 0.15) is 11.9 Å². The molecular formula is C16H14O2S. The average molecular weight is 270 g/mol. The van der Waals surface area contributed by atoms with Crippen LogP contribution < -0.4 is 4.74 Å². The molecule has 0 fully saturated rings. The molecule has 19 heavy (non-hydrogen) atoms. The Morgan fingerprint density at radius 2 is 1.74 bits per heavy atom. The molecule has 2 nitrogen and oxygen atoms in total. The number of aliphatic hydroxyl groups excluding tert-OH is 1. The molecule has 96 valence electrons. The Kier molecular flexibility index (Phi) is 4.91. The topological polar surface area (TPSA) is 29.5 Å². The Morgan fingerprint density at radius 1 is 1.05 bits per heavy atom. The van der Waals surface area contributed by atoms with Gasteiger partial charge in [-0.05, 0) is 46.8 Å². The van der Waals surface area contributed by atoms with E-state index in [4.69, 9.17) is 4.74 Å². The number of ether oxygens (including phenoxy) is 1. The fourth-order valence-corrected chi connectivity index (χ4v) is 2.07. The van der Waals surface area contributed by atoms with Crippen LogP contribution in [-0.2, 0) is 0 Å². The summed E-state index contributed by atoms with van der Waals surface area (Å²) >= 11 is 1.39. The van der Waals surface area contributed by atoms with Gasteiger partial charge in [-0.3, -0.25) is 0 Å². The van der Waals surface area contributed by atoms with Gasteiger partial charge in [-0.1, -0.05) is 36.3 Å². The minimum Gasteiger partial charge on any atom is -0.497 e. The van der Waals surface area contributed by atoms with E-state index in [0.29, 0.717) is 0 Å². The molecule has 0 saturated carbocycles. The highest BCUT2D eigenvalue weighted by atomic mass is 32.2. The van der Waals surface area contributed by atoms with Crippen LogP contribution in [0.2, 0.25) is 0 Å². The van der Waals surface area contributed by atoms with E-state index >= 15 is 0 Å². The summed E-state index contributed by atoms with van der Waals surface area (Å²) in [5, 5.41) is 12.8. The van der Waals surface area contributed by atoms with Gasteiger partial charge in [-0.2, -0.15) is 0 Å². The van der Waals surface area contributed by atoms with E-state index in [-0.39, 0.29) is 0 Å². The third-order valence-electron chi connectivity index (χ3n) is 2.54. The lowest BCUT2D eigenvalue weighted by Gasteiger charge is -2.02. The van der Waals surface area contributed by atoms with Crippen LogP contribution in [0.25, 0.3) is 0 Å². The molecule has 0 bridgehead atoms. The van der Waals surface area contributed by atoms with Crippen molar-refractivity contribution in [1.29, 1.82) is 0 Å². The first-order chi connectivity index (χ1) is 9.29. The fraction of sp³-hybridized carbons (Fsp3) is 0.125. The largest absolute Gasteiger partial charge is 0.497 e. The number of benzene rings is 2. The first kappa shape index (κ1) is 13.5. The Morgan fingerprint density at radius 3 is 2.37 bits per heavy atom. The molecule has 0 heterocycles. The van der Waals surface area contributed by atoms with Crippen molar-refractivity contribution in [3.63, 3.8) is 0 Å². The molecule has 2 aromatic carbocycles. The maximum Gasteiger partial charge on any atom is 0.141 e. The van der Waals surface area contributed by atoms with E-state index in [2.05, 4.69) is 11.2 Å². The third-order valence-corrected chi connectivity index (χ3v) is 3.27. The summed E-state index contributed by atoms with van der Waals surface area (Å²) in [6.45, 7) is 0. The van der Waals surface area contributed by atoms with Crippen LogP contribution in [0, 0.1) is 11.2 Å². The molecule has 2 aromatic rings. The van der Waals surface area contributed by atoms with Gasteiger partial charge in [0.25, 0.3) is 0 Å². The highest BCUT2D eigenvalue weighted by molar-refractivity contribution is 8.03. The van der Waals surface area contributed by atoms with E-state index in [1.807, 2.05) is 54.6 Å². The van der Waals surface area contributed by atoms with E-state index in [9.17, 15) is 5.11 Å². The van der Waals surface area contributed by atoms with Crippen molar-refractivity contribution in [3.05, 3.63) is 60.2 Å². The molecule has 3 heteroatoms. The zero-order chi connectivity index (χ0) is 13.5. The second kappa shape index (κ2) is 6.89. The van der Waals surface area contributed by atoms with Crippen LogP contribution in [0.1, 0.15) is 11.7 Å².